The molecule has 33 heavy (non-hydrogen) atoms. The largest absolute Gasteiger partial charge is 0.373 e. The monoisotopic (exact) mass is 455 g/mol. The lowest BCUT2D eigenvalue weighted by molar-refractivity contribution is 0.00455. The third kappa shape index (κ3) is 3.80. The van der Waals surface area contributed by atoms with Gasteiger partial charge in [0.25, 0.3) is 5.56 Å². The van der Waals surface area contributed by atoms with E-state index in [9.17, 15) is 18.0 Å². The topological polar surface area (TPSA) is 74.3 Å². The Morgan fingerprint density at radius 3 is 2.70 bits per heavy atom. The summed E-state index contributed by atoms with van der Waals surface area (Å²) in [5.41, 5.74) is 0.392. The van der Waals surface area contributed by atoms with Crippen molar-refractivity contribution in [3.63, 3.8) is 0 Å². The van der Waals surface area contributed by atoms with Crippen LogP contribution in [0.25, 0.3) is 16.9 Å². The van der Waals surface area contributed by atoms with Gasteiger partial charge in [-0.15, -0.1) is 0 Å². The van der Waals surface area contributed by atoms with E-state index in [0.29, 0.717) is 25.1 Å². The number of rotatable bonds is 3. The summed E-state index contributed by atoms with van der Waals surface area (Å²) in [6.07, 6.45) is 5.97. The summed E-state index contributed by atoms with van der Waals surface area (Å²) in [7, 11) is 1.81. The van der Waals surface area contributed by atoms with Gasteiger partial charge in [0.2, 0.25) is 5.82 Å². The molecule has 0 amide bonds. The van der Waals surface area contributed by atoms with E-state index in [1.54, 1.807) is 10.9 Å². The predicted octanol–water partition coefficient (Wildman–Crippen LogP) is 3.85. The fraction of sp³-hybridized carbons (Fsp3) is 0.304. The van der Waals surface area contributed by atoms with Crippen LogP contribution in [0.5, 0.6) is 0 Å². The quantitative estimate of drug-likeness (QED) is 0.469. The fourth-order valence-electron chi connectivity index (χ4n) is 4.21. The third-order valence-corrected chi connectivity index (χ3v) is 5.93. The van der Waals surface area contributed by atoms with Crippen molar-refractivity contribution in [1.82, 2.24) is 24.1 Å². The maximum Gasteiger partial charge on any atom is 0.294 e. The lowest BCUT2D eigenvalue weighted by atomic mass is 9.90. The second-order valence-electron chi connectivity index (χ2n) is 8.18. The Balaban J connectivity index is 1.67. The first-order valence-corrected chi connectivity index (χ1v) is 10.5. The number of halogens is 3. The van der Waals surface area contributed by atoms with Crippen LogP contribution in [0.15, 0.2) is 41.6 Å². The number of nitrogens with zero attached hydrogens (tertiary/aromatic N) is 5. The molecule has 4 aromatic rings. The second-order valence-corrected chi connectivity index (χ2v) is 8.18. The third-order valence-electron chi connectivity index (χ3n) is 5.93. The molecule has 2 unspecified atom stereocenters. The van der Waals surface area contributed by atoms with E-state index in [0.717, 1.165) is 22.1 Å². The van der Waals surface area contributed by atoms with Crippen molar-refractivity contribution in [2.75, 3.05) is 6.61 Å². The second kappa shape index (κ2) is 8.11. The van der Waals surface area contributed by atoms with Gasteiger partial charge in [-0.05, 0) is 31.9 Å². The minimum atomic E-state index is -0.990. The summed E-state index contributed by atoms with van der Waals surface area (Å²) in [4.78, 5) is 21.5. The highest BCUT2D eigenvalue weighted by molar-refractivity contribution is 5.74. The SMILES string of the molecule is Cc1nc2c(-c3ccc(F)cc3F)nc(C3CCOC(c4cnn(C)c4)C3)cn2c(=O)c1F. The minimum absolute atomic E-state index is 0.00373. The Bertz CT molecular complexity index is 1430. The van der Waals surface area contributed by atoms with Crippen LogP contribution in [-0.4, -0.2) is 30.8 Å². The van der Waals surface area contributed by atoms with Gasteiger partial charge in [-0.25, -0.2) is 18.7 Å². The summed E-state index contributed by atoms with van der Waals surface area (Å²) in [6, 6.07) is 3.08. The Labute approximate surface area is 186 Å². The molecule has 1 aromatic carbocycles. The number of hydrogen-bond donors (Lipinski definition) is 0. The maximum absolute atomic E-state index is 14.7. The number of aromatic nitrogens is 5. The molecular weight excluding hydrogens is 435 g/mol. The van der Waals surface area contributed by atoms with Crippen molar-refractivity contribution in [1.29, 1.82) is 0 Å². The van der Waals surface area contributed by atoms with Gasteiger partial charge in [0.05, 0.1) is 23.7 Å². The fourth-order valence-corrected chi connectivity index (χ4v) is 4.21. The van der Waals surface area contributed by atoms with Crippen molar-refractivity contribution in [2.24, 2.45) is 7.05 Å². The van der Waals surface area contributed by atoms with Gasteiger partial charge in [0.1, 0.15) is 17.3 Å². The van der Waals surface area contributed by atoms with Crippen LogP contribution >= 0.6 is 0 Å². The summed E-state index contributed by atoms with van der Waals surface area (Å²) >= 11 is 0. The van der Waals surface area contributed by atoms with Gasteiger partial charge in [-0.1, -0.05) is 0 Å². The van der Waals surface area contributed by atoms with E-state index in [1.165, 1.54) is 19.2 Å². The summed E-state index contributed by atoms with van der Waals surface area (Å²) in [5.74, 6) is -2.73. The maximum atomic E-state index is 14.7. The highest BCUT2D eigenvalue weighted by Gasteiger charge is 2.29. The van der Waals surface area contributed by atoms with Crippen LogP contribution in [0.1, 0.15) is 41.8 Å². The summed E-state index contributed by atoms with van der Waals surface area (Å²) in [5, 5.41) is 4.18. The molecular formula is C23H20F3N5O2. The molecule has 170 valence electrons. The zero-order chi connectivity index (χ0) is 23.3. The lowest BCUT2D eigenvalue weighted by Crippen LogP contribution is -2.24. The van der Waals surface area contributed by atoms with Crippen LogP contribution in [-0.2, 0) is 11.8 Å². The molecule has 7 nitrogen and oxygen atoms in total. The summed E-state index contributed by atoms with van der Waals surface area (Å²) in [6.45, 7) is 1.80. The molecule has 4 heterocycles. The predicted molar refractivity (Wildman–Crippen MR) is 113 cm³/mol. The van der Waals surface area contributed by atoms with Crippen molar-refractivity contribution in [2.45, 2.75) is 31.8 Å². The van der Waals surface area contributed by atoms with E-state index < -0.39 is 23.0 Å². The highest BCUT2D eigenvalue weighted by atomic mass is 19.1. The van der Waals surface area contributed by atoms with Crippen LogP contribution in [0.2, 0.25) is 0 Å². The molecule has 0 aliphatic carbocycles. The van der Waals surface area contributed by atoms with E-state index in [-0.39, 0.29) is 34.6 Å². The van der Waals surface area contributed by atoms with Crippen LogP contribution in [0, 0.1) is 24.4 Å². The molecule has 1 saturated heterocycles. The molecule has 0 saturated carbocycles. The van der Waals surface area contributed by atoms with Crippen molar-refractivity contribution in [3.8, 4) is 11.3 Å². The highest BCUT2D eigenvalue weighted by Crippen LogP contribution is 2.37. The molecule has 0 N–H and O–H groups in total. The molecule has 5 rings (SSSR count). The average molecular weight is 455 g/mol. The van der Waals surface area contributed by atoms with Gasteiger partial charge in [0.15, 0.2) is 5.65 Å². The van der Waals surface area contributed by atoms with Crippen molar-refractivity contribution >= 4 is 5.65 Å². The van der Waals surface area contributed by atoms with Gasteiger partial charge in [0, 0.05) is 49.2 Å². The van der Waals surface area contributed by atoms with Gasteiger partial charge < -0.3 is 4.74 Å². The van der Waals surface area contributed by atoms with Crippen molar-refractivity contribution < 1.29 is 17.9 Å². The number of hydrogen-bond acceptors (Lipinski definition) is 5. The molecule has 0 spiro atoms. The normalized spacial score (nSPS) is 18.7. The van der Waals surface area contributed by atoms with Gasteiger partial charge >= 0.3 is 0 Å². The first-order chi connectivity index (χ1) is 15.8. The van der Waals surface area contributed by atoms with E-state index in [4.69, 9.17) is 4.74 Å². The standard InChI is InChI=1S/C23H20F3N5O2/c1-12-20(26)23(32)31-11-18(13-5-6-33-19(7-13)14-9-27-30(2)10-14)29-21(22(31)28-12)16-4-3-15(24)8-17(16)25/h3-4,8-11,13,19H,5-7H2,1-2H3. The zero-order valence-electron chi connectivity index (χ0n) is 17.9. The minimum Gasteiger partial charge on any atom is -0.373 e. The molecule has 1 aliphatic rings. The van der Waals surface area contributed by atoms with Crippen LogP contribution in [0.4, 0.5) is 13.2 Å². The molecule has 0 radical (unpaired) electrons. The molecule has 1 fully saturated rings. The van der Waals surface area contributed by atoms with Crippen molar-refractivity contribution in [3.05, 3.63) is 81.5 Å². The molecule has 1 aliphatic heterocycles. The van der Waals surface area contributed by atoms with Crippen LogP contribution in [0.3, 0.4) is 0 Å². The Hall–Kier alpha value is -3.53. The number of benzene rings is 1. The van der Waals surface area contributed by atoms with Gasteiger partial charge in [-0.2, -0.15) is 9.49 Å². The zero-order valence-corrected chi connectivity index (χ0v) is 17.9. The van der Waals surface area contributed by atoms with Crippen LogP contribution < -0.4 is 5.56 Å². The number of ether oxygens (including phenoxy) is 1. The first kappa shape index (κ1) is 21.3. The van der Waals surface area contributed by atoms with E-state index in [2.05, 4.69) is 15.1 Å². The first-order valence-electron chi connectivity index (χ1n) is 10.5. The Morgan fingerprint density at radius 1 is 1.15 bits per heavy atom. The number of fused-ring (bicyclic) bond motifs is 1. The smallest absolute Gasteiger partial charge is 0.294 e. The Morgan fingerprint density at radius 2 is 1.97 bits per heavy atom. The van der Waals surface area contributed by atoms with E-state index >= 15 is 0 Å². The molecule has 3 aromatic heterocycles. The molecule has 0 bridgehead atoms. The number of aryl methyl sites for hydroxylation is 2. The summed E-state index contributed by atoms with van der Waals surface area (Å²) < 4.78 is 51.3. The molecule has 10 heteroatoms. The van der Waals surface area contributed by atoms with Gasteiger partial charge in [-0.3, -0.25) is 13.9 Å². The molecule has 2 atom stereocenters. The average Bonchev–Trinajstić information content (AvgIpc) is 3.24. The Kier molecular flexibility index (Phi) is 5.24. The van der Waals surface area contributed by atoms with E-state index in [1.807, 2.05) is 13.2 Å². The lowest BCUT2D eigenvalue weighted by Gasteiger charge is -2.29.